The van der Waals surface area contributed by atoms with Crippen LogP contribution in [0.5, 0.6) is 0 Å². The second-order valence-electron chi connectivity index (χ2n) is 5.21. The molecule has 1 amide bonds. The molecule has 3 rings (SSSR count). The van der Waals surface area contributed by atoms with Crippen molar-refractivity contribution in [3.63, 3.8) is 0 Å². The zero-order chi connectivity index (χ0) is 12.7. The van der Waals surface area contributed by atoms with E-state index in [1.54, 1.807) is 4.90 Å². The Balaban J connectivity index is 1.62. The van der Waals surface area contributed by atoms with Crippen LogP contribution in [0, 0.1) is 5.92 Å². The van der Waals surface area contributed by atoms with Crippen LogP contribution >= 0.6 is 0 Å². The lowest BCUT2D eigenvalue weighted by atomic mass is 9.96. The summed E-state index contributed by atoms with van der Waals surface area (Å²) in [6.45, 7) is 1.14. The van der Waals surface area contributed by atoms with Crippen LogP contribution in [0.2, 0.25) is 0 Å². The summed E-state index contributed by atoms with van der Waals surface area (Å²) in [5.74, 6) is -0.627. The van der Waals surface area contributed by atoms with Gasteiger partial charge in [0.2, 0.25) is 0 Å². The maximum absolute atomic E-state index is 12.2. The number of nitrogens with zero attached hydrogens (tertiary/aromatic N) is 2. The molecule has 18 heavy (non-hydrogen) atoms. The molecule has 1 aliphatic carbocycles. The predicted octanol–water partition coefficient (Wildman–Crippen LogP) is 1.37. The first-order valence-corrected chi connectivity index (χ1v) is 6.33. The Hall–Kier alpha value is -1.78. The Labute approximate surface area is 105 Å². The van der Waals surface area contributed by atoms with E-state index in [0.717, 1.165) is 18.5 Å². The van der Waals surface area contributed by atoms with E-state index in [9.17, 15) is 9.59 Å². The molecule has 0 bridgehead atoms. The van der Waals surface area contributed by atoms with E-state index >= 15 is 0 Å². The minimum atomic E-state index is -0.784. The van der Waals surface area contributed by atoms with Crippen LogP contribution < -0.4 is 0 Å². The summed E-state index contributed by atoms with van der Waals surface area (Å²) in [6, 6.07) is 4.25. The Morgan fingerprint density at radius 1 is 1.33 bits per heavy atom. The quantitative estimate of drug-likeness (QED) is 0.875. The van der Waals surface area contributed by atoms with Crippen LogP contribution in [0.15, 0.2) is 18.3 Å². The Morgan fingerprint density at radius 2 is 2.06 bits per heavy atom. The standard InChI is InChI=1S/C13H16N2O3/c16-12(17)6-9-7-14(8-9)13(18)11-2-1-5-15(11)10-3-4-10/h1-2,5,9-10H,3-4,6-8H2,(H,16,17). The van der Waals surface area contributed by atoms with E-state index in [0.29, 0.717) is 19.1 Å². The summed E-state index contributed by atoms with van der Waals surface area (Å²) in [7, 11) is 0. The fraction of sp³-hybridized carbons (Fsp3) is 0.538. The largest absolute Gasteiger partial charge is 0.481 e. The molecular formula is C13H16N2O3. The first-order chi connectivity index (χ1) is 8.65. The molecule has 1 saturated carbocycles. The number of amides is 1. The van der Waals surface area contributed by atoms with Crippen molar-refractivity contribution < 1.29 is 14.7 Å². The van der Waals surface area contributed by atoms with Gasteiger partial charge < -0.3 is 14.6 Å². The summed E-state index contributed by atoms with van der Waals surface area (Å²) in [5.41, 5.74) is 0.742. The van der Waals surface area contributed by atoms with Crippen molar-refractivity contribution in [1.29, 1.82) is 0 Å². The maximum atomic E-state index is 12.2. The number of carbonyl (C=O) groups excluding carboxylic acids is 1. The van der Waals surface area contributed by atoms with Gasteiger partial charge in [-0.2, -0.15) is 0 Å². The molecule has 2 fully saturated rings. The Morgan fingerprint density at radius 3 is 2.67 bits per heavy atom. The molecule has 0 radical (unpaired) electrons. The van der Waals surface area contributed by atoms with Gasteiger partial charge in [-0.15, -0.1) is 0 Å². The second-order valence-corrected chi connectivity index (χ2v) is 5.21. The normalized spacial score (nSPS) is 19.7. The van der Waals surface area contributed by atoms with Crippen molar-refractivity contribution in [2.45, 2.75) is 25.3 Å². The lowest BCUT2D eigenvalue weighted by Crippen LogP contribution is -2.51. The minimum absolute atomic E-state index is 0.0357. The molecule has 0 atom stereocenters. The summed E-state index contributed by atoms with van der Waals surface area (Å²) < 4.78 is 2.05. The number of aliphatic carboxylic acids is 1. The number of carboxylic acid groups (broad SMARTS) is 1. The molecule has 1 saturated heterocycles. The molecule has 1 aromatic heterocycles. The molecule has 5 heteroatoms. The average molecular weight is 248 g/mol. The van der Waals surface area contributed by atoms with Crippen molar-refractivity contribution >= 4 is 11.9 Å². The molecule has 0 unspecified atom stereocenters. The molecule has 1 aromatic rings. The number of rotatable bonds is 4. The van der Waals surface area contributed by atoms with Crippen LogP contribution in [0.25, 0.3) is 0 Å². The van der Waals surface area contributed by atoms with Gasteiger partial charge >= 0.3 is 5.97 Å². The molecule has 0 aromatic carbocycles. The SMILES string of the molecule is O=C(O)CC1CN(C(=O)c2cccn2C2CC2)C1. The highest BCUT2D eigenvalue weighted by atomic mass is 16.4. The fourth-order valence-electron chi connectivity index (χ4n) is 2.52. The van der Waals surface area contributed by atoms with Crippen LogP contribution in [0.1, 0.15) is 35.8 Å². The molecule has 0 spiro atoms. The third-order valence-electron chi connectivity index (χ3n) is 3.65. The van der Waals surface area contributed by atoms with Crippen LogP contribution in [0.3, 0.4) is 0 Å². The van der Waals surface area contributed by atoms with E-state index in [1.807, 2.05) is 22.9 Å². The van der Waals surface area contributed by atoms with Crippen LogP contribution in [0.4, 0.5) is 0 Å². The first kappa shape index (κ1) is 11.3. The minimum Gasteiger partial charge on any atom is -0.481 e. The summed E-state index contributed by atoms with van der Waals surface area (Å²) >= 11 is 0. The second kappa shape index (κ2) is 4.15. The van der Waals surface area contributed by atoms with Crippen molar-refractivity contribution in [2.24, 2.45) is 5.92 Å². The maximum Gasteiger partial charge on any atom is 0.303 e. The monoisotopic (exact) mass is 248 g/mol. The third kappa shape index (κ3) is 2.00. The zero-order valence-electron chi connectivity index (χ0n) is 10.1. The van der Waals surface area contributed by atoms with Gasteiger partial charge in [0.15, 0.2) is 0 Å². The highest BCUT2D eigenvalue weighted by Crippen LogP contribution is 2.36. The van der Waals surface area contributed by atoms with Gasteiger partial charge in [0, 0.05) is 31.2 Å². The summed E-state index contributed by atoms with van der Waals surface area (Å²) in [4.78, 5) is 24.5. The summed E-state index contributed by atoms with van der Waals surface area (Å²) in [6.07, 6.45) is 4.42. The highest BCUT2D eigenvalue weighted by molar-refractivity contribution is 5.93. The van der Waals surface area contributed by atoms with Crippen LogP contribution in [-0.2, 0) is 4.79 Å². The molecule has 1 aliphatic heterocycles. The smallest absolute Gasteiger partial charge is 0.303 e. The van der Waals surface area contributed by atoms with Crippen molar-refractivity contribution in [1.82, 2.24) is 9.47 Å². The third-order valence-corrected chi connectivity index (χ3v) is 3.65. The van der Waals surface area contributed by atoms with Gasteiger partial charge in [-0.25, -0.2) is 0 Å². The number of hydrogen-bond donors (Lipinski definition) is 1. The van der Waals surface area contributed by atoms with E-state index in [4.69, 9.17) is 5.11 Å². The number of carbonyl (C=O) groups is 2. The lowest BCUT2D eigenvalue weighted by Gasteiger charge is -2.38. The number of likely N-dealkylation sites (tertiary alicyclic amines) is 1. The van der Waals surface area contributed by atoms with E-state index in [1.165, 1.54) is 0 Å². The zero-order valence-corrected chi connectivity index (χ0v) is 10.1. The lowest BCUT2D eigenvalue weighted by molar-refractivity contribution is -0.139. The van der Waals surface area contributed by atoms with E-state index < -0.39 is 5.97 Å². The van der Waals surface area contributed by atoms with Crippen molar-refractivity contribution in [3.8, 4) is 0 Å². The van der Waals surface area contributed by atoms with Crippen LogP contribution in [-0.4, -0.2) is 39.5 Å². The molecular weight excluding hydrogens is 232 g/mol. The van der Waals surface area contributed by atoms with Gasteiger partial charge in [0.05, 0.1) is 6.42 Å². The van der Waals surface area contributed by atoms with Gasteiger partial charge in [-0.3, -0.25) is 9.59 Å². The number of hydrogen-bond acceptors (Lipinski definition) is 2. The predicted molar refractivity (Wildman–Crippen MR) is 64.3 cm³/mol. The Bertz CT molecular complexity index is 484. The number of carboxylic acids is 1. The van der Waals surface area contributed by atoms with Gasteiger partial charge in [0.1, 0.15) is 5.69 Å². The molecule has 1 N–H and O–H groups in total. The van der Waals surface area contributed by atoms with E-state index in [-0.39, 0.29) is 18.2 Å². The fourth-order valence-corrected chi connectivity index (χ4v) is 2.52. The van der Waals surface area contributed by atoms with Gasteiger partial charge in [0.25, 0.3) is 5.91 Å². The average Bonchev–Trinajstić information content (AvgIpc) is 3.00. The van der Waals surface area contributed by atoms with Crippen molar-refractivity contribution in [3.05, 3.63) is 24.0 Å². The molecule has 96 valence electrons. The van der Waals surface area contributed by atoms with Crippen molar-refractivity contribution in [2.75, 3.05) is 13.1 Å². The Kier molecular flexibility index (Phi) is 2.61. The molecule has 2 aliphatic rings. The first-order valence-electron chi connectivity index (χ1n) is 6.33. The topological polar surface area (TPSA) is 62.5 Å². The van der Waals surface area contributed by atoms with Gasteiger partial charge in [-0.1, -0.05) is 0 Å². The molecule has 5 nitrogen and oxygen atoms in total. The highest BCUT2D eigenvalue weighted by Gasteiger charge is 2.35. The van der Waals surface area contributed by atoms with Gasteiger partial charge in [-0.05, 0) is 25.0 Å². The van der Waals surface area contributed by atoms with E-state index in [2.05, 4.69) is 0 Å². The number of aromatic nitrogens is 1. The molecule has 2 heterocycles. The summed E-state index contributed by atoms with van der Waals surface area (Å²) in [5, 5.41) is 8.68.